The van der Waals surface area contributed by atoms with Gasteiger partial charge in [0.05, 0.1) is 13.2 Å². The summed E-state index contributed by atoms with van der Waals surface area (Å²) in [6.07, 6.45) is 3.61. The minimum Gasteiger partial charge on any atom is -0.437 e. The first-order valence-electron chi connectivity index (χ1n) is 16.2. The summed E-state index contributed by atoms with van der Waals surface area (Å²) < 4.78 is 35.1. The van der Waals surface area contributed by atoms with E-state index in [1.54, 1.807) is 0 Å². The van der Waals surface area contributed by atoms with Gasteiger partial charge >= 0.3 is 11.9 Å². The molecular weight excluding hydrogens is 564 g/mol. The van der Waals surface area contributed by atoms with Crippen molar-refractivity contribution in [2.75, 3.05) is 26.4 Å². The number of ether oxygens (including phenoxy) is 6. The lowest BCUT2D eigenvalue weighted by atomic mass is 9.61. The first kappa shape index (κ1) is 31.3. The monoisotopic (exact) mass is 608 g/mol. The molecule has 6 nitrogen and oxygen atoms in total. The number of epoxide rings is 2. The molecule has 6 heteroatoms. The Morgan fingerprint density at radius 3 is 1.51 bits per heavy atom. The topological polar surface area (TPSA) is 62.0 Å². The van der Waals surface area contributed by atoms with Gasteiger partial charge in [-0.15, -0.1) is 0 Å². The molecule has 45 heavy (non-hydrogen) atoms. The number of hydrogen-bond donors (Lipinski definition) is 0. The van der Waals surface area contributed by atoms with Gasteiger partial charge in [-0.05, 0) is 78.1 Å². The largest absolute Gasteiger partial charge is 0.437 e. The summed E-state index contributed by atoms with van der Waals surface area (Å²) in [5.74, 6) is -0.320. The van der Waals surface area contributed by atoms with Gasteiger partial charge in [-0.3, -0.25) is 0 Å². The van der Waals surface area contributed by atoms with E-state index in [-0.39, 0.29) is 11.3 Å². The van der Waals surface area contributed by atoms with Crippen molar-refractivity contribution >= 4 is 0 Å². The van der Waals surface area contributed by atoms with Crippen molar-refractivity contribution in [2.24, 2.45) is 0 Å². The maximum Gasteiger partial charge on any atom is 0.352 e. The van der Waals surface area contributed by atoms with Gasteiger partial charge in [0.2, 0.25) is 0 Å². The second kappa shape index (κ2) is 13.8. The molecule has 2 aliphatic rings. The summed E-state index contributed by atoms with van der Waals surface area (Å²) in [5, 5.41) is 0. The summed E-state index contributed by atoms with van der Waals surface area (Å²) in [5.41, 5.74) is 4.65. The van der Waals surface area contributed by atoms with Crippen LogP contribution in [0.4, 0.5) is 0 Å². The first-order chi connectivity index (χ1) is 22.0. The Morgan fingerprint density at radius 1 is 0.644 bits per heavy atom. The third-order valence-corrected chi connectivity index (χ3v) is 8.79. The van der Waals surface area contributed by atoms with E-state index in [2.05, 4.69) is 106 Å². The fourth-order valence-electron chi connectivity index (χ4n) is 6.16. The third-order valence-electron chi connectivity index (χ3n) is 8.79. The van der Waals surface area contributed by atoms with E-state index < -0.39 is 11.9 Å². The van der Waals surface area contributed by atoms with Crippen LogP contribution in [-0.4, -0.2) is 38.4 Å². The normalized spacial score (nSPS) is 22.3. The van der Waals surface area contributed by atoms with Crippen molar-refractivity contribution < 1.29 is 28.4 Å². The Labute approximate surface area is 267 Å². The van der Waals surface area contributed by atoms with E-state index >= 15 is 0 Å². The van der Waals surface area contributed by atoms with E-state index in [0.29, 0.717) is 26.4 Å². The molecule has 6 rings (SSSR count). The highest BCUT2D eigenvalue weighted by Crippen LogP contribution is 2.49. The molecule has 4 aromatic carbocycles. The van der Waals surface area contributed by atoms with Crippen LogP contribution in [0.2, 0.25) is 0 Å². The fraction of sp³-hybridized carbons (Fsp3) is 0.385. The highest BCUT2D eigenvalue weighted by atomic mass is 16.9. The Hall–Kier alpha value is -3.68. The highest BCUT2D eigenvalue weighted by molar-refractivity contribution is 5.48. The molecule has 236 valence electrons. The quantitative estimate of drug-likeness (QED) is 0.0886. The molecule has 0 spiro atoms. The zero-order valence-corrected chi connectivity index (χ0v) is 26.6. The number of aryl methyl sites for hydroxylation is 1. The van der Waals surface area contributed by atoms with E-state index in [9.17, 15) is 0 Å². The van der Waals surface area contributed by atoms with Crippen LogP contribution in [0.5, 0.6) is 11.5 Å². The van der Waals surface area contributed by atoms with E-state index in [1.165, 1.54) is 22.3 Å². The molecular formula is C39H44O6. The standard InChI is InChI=1S/C39H44O6/c1-4-26-40-38(28-42-38)44-35-20-16-33(17-21-35)37(25-24-31-12-8-6-9-13-31,30(3)32-14-10-7-11-15-32)34-18-22-36(23-19-34)45-39(29-43-39)41-27-5-2/h6-23,30H,4-5,24-29H2,1-3H3. The average molecular weight is 609 g/mol. The molecule has 3 unspecified atom stereocenters. The van der Waals surface area contributed by atoms with Crippen molar-refractivity contribution in [2.45, 2.75) is 69.7 Å². The van der Waals surface area contributed by atoms with Gasteiger partial charge in [0.25, 0.3) is 0 Å². The van der Waals surface area contributed by atoms with Crippen LogP contribution in [0, 0.1) is 0 Å². The lowest BCUT2D eigenvalue weighted by Crippen LogP contribution is -2.35. The van der Waals surface area contributed by atoms with Crippen LogP contribution in [0.25, 0.3) is 0 Å². The molecule has 0 radical (unpaired) electrons. The molecule has 0 bridgehead atoms. The van der Waals surface area contributed by atoms with E-state index in [1.807, 2.05) is 24.3 Å². The molecule has 4 aromatic rings. The van der Waals surface area contributed by atoms with Gasteiger partial charge < -0.3 is 28.4 Å². The molecule has 0 aromatic heterocycles. The molecule has 2 fully saturated rings. The molecule has 0 aliphatic carbocycles. The predicted octanol–water partition coefficient (Wildman–Crippen LogP) is 8.39. The van der Waals surface area contributed by atoms with Crippen molar-refractivity contribution in [3.05, 3.63) is 131 Å². The van der Waals surface area contributed by atoms with E-state index in [4.69, 9.17) is 28.4 Å². The van der Waals surface area contributed by atoms with Crippen LogP contribution in [0.3, 0.4) is 0 Å². The van der Waals surface area contributed by atoms with Crippen LogP contribution in [0.1, 0.15) is 68.2 Å². The Bertz CT molecular complexity index is 1410. The van der Waals surface area contributed by atoms with Gasteiger partial charge in [-0.1, -0.05) is 106 Å². The highest BCUT2D eigenvalue weighted by Gasteiger charge is 2.51. The summed E-state index contributed by atoms with van der Waals surface area (Å²) in [4.78, 5) is 0. The second-order valence-electron chi connectivity index (χ2n) is 12.0. The Balaban J connectivity index is 1.38. The van der Waals surface area contributed by atoms with Gasteiger partial charge in [-0.2, -0.15) is 0 Å². The number of rotatable bonds is 17. The summed E-state index contributed by atoms with van der Waals surface area (Å²) >= 11 is 0. The fourth-order valence-corrected chi connectivity index (χ4v) is 6.16. The molecule has 0 N–H and O–H groups in total. The zero-order valence-electron chi connectivity index (χ0n) is 26.6. The average Bonchev–Trinajstić information content (AvgIpc) is 4.03. The SMILES string of the molecule is CCCOC1(Oc2ccc(C(CCc3ccccc3)(c3ccc(OC4(OCCC)CO4)cc3)C(C)c3ccccc3)cc2)CO1. The van der Waals surface area contributed by atoms with Crippen LogP contribution < -0.4 is 9.47 Å². The van der Waals surface area contributed by atoms with Gasteiger partial charge in [0.1, 0.15) is 24.7 Å². The lowest BCUT2D eigenvalue weighted by Gasteiger charge is -2.41. The molecule has 3 atom stereocenters. The molecule has 2 aliphatic heterocycles. The lowest BCUT2D eigenvalue weighted by molar-refractivity contribution is -0.173. The summed E-state index contributed by atoms with van der Waals surface area (Å²) in [7, 11) is 0. The smallest absolute Gasteiger partial charge is 0.352 e. The van der Waals surface area contributed by atoms with Gasteiger partial charge in [0.15, 0.2) is 0 Å². The first-order valence-corrected chi connectivity index (χ1v) is 16.2. The minimum atomic E-state index is -0.960. The van der Waals surface area contributed by atoms with Crippen molar-refractivity contribution in [1.29, 1.82) is 0 Å². The van der Waals surface area contributed by atoms with Crippen molar-refractivity contribution in [1.82, 2.24) is 0 Å². The van der Waals surface area contributed by atoms with Gasteiger partial charge in [0, 0.05) is 5.41 Å². The van der Waals surface area contributed by atoms with Crippen LogP contribution in [-0.2, 0) is 30.8 Å². The van der Waals surface area contributed by atoms with Crippen LogP contribution in [0.15, 0.2) is 109 Å². The van der Waals surface area contributed by atoms with Crippen molar-refractivity contribution in [3.63, 3.8) is 0 Å². The summed E-state index contributed by atoms with van der Waals surface area (Å²) in [6.45, 7) is 8.54. The minimum absolute atomic E-state index is 0.151. The van der Waals surface area contributed by atoms with Crippen LogP contribution >= 0.6 is 0 Å². The van der Waals surface area contributed by atoms with E-state index in [0.717, 1.165) is 37.2 Å². The van der Waals surface area contributed by atoms with Gasteiger partial charge in [-0.25, -0.2) is 0 Å². The number of hydrogen-bond acceptors (Lipinski definition) is 6. The Kier molecular flexibility index (Phi) is 9.57. The molecule has 0 saturated carbocycles. The maximum absolute atomic E-state index is 6.17. The Morgan fingerprint density at radius 2 is 1.09 bits per heavy atom. The zero-order chi connectivity index (χ0) is 31.2. The summed E-state index contributed by atoms with van der Waals surface area (Å²) in [6, 6.07) is 38.5. The second-order valence-corrected chi connectivity index (χ2v) is 12.0. The third kappa shape index (κ3) is 7.26. The maximum atomic E-state index is 6.17. The molecule has 2 heterocycles. The predicted molar refractivity (Wildman–Crippen MR) is 174 cm³/mol. The molecule has 0 amide bonds. The molecule has 2 saturated heterocycles. The number of benzene rings is 4. The van der Waals surface area contributed by atoms with Crippen molar-refractivity contribution in [3.8, 4) is 11.5 Å².